The first kappa shape index (κ1) is 17.7. The van der Waals surface area contributed by atoms with Crippen LogP contribution in [0.3, 0.4) is 0 Å². The Labute approximate surface area is 153 Å². The third-order valence-electron chi connectivity index (χ3n) is 4.08. The van der Waals surface area contributed by atoms with E-state index in [9.17, 15) is 9.90 Å². The first-order valence-electron chi connectivity index (χ1n) is 8.56. The van der Waals surface area contributed by atoms with Gasteiger partial charge in [-0.2, -0.15) is 0 Å². The average molecular weight is 347 g/mol. The summed E-state index contributed by atoms with van der Waals surface area (Å²) in [6, 6.07) is 26.6. The van der Waals surface area contributed by atoms with E-state index in [1.165, 1.54) is 0 Å². The summed E-state index contributed by atoms with van der Waals surface area (Å²) in [6.45, 7) is -0.0222. The molecule has 26 heavy (non-hydrogen) atoms. The van der Waals surface area contributed by atoms with Gasteiger partial charge in [0.2, 0.25) is 0 Å². The Morgan fingerprint density at radius 1 is 0.846 bits per heavy atom. The van der Waals surface area contributed by atoms with Crippen molar-refractivity contribution in [1.29, 1.82) is 0 Å². The third-order valence-corrected chi connectivity index (χ3v) is 4.08. The summed E-state index contributed by atoms with van der Waals surface area (Å²) in [4.78, 5) is 12.2. The molecule has 0 aliphatic rings. The molecule has 1 unspecified atom stereocenters. The van der Waals surface area contributed by atoms with Gasteiger partial charge in [-0.05, 0) is 35.2 Å². The van der Waals surface area contributed by atoms with Crippen molar-refractivity contribution in [1.82, 2.24) is 5.32 Å². The highest BCUT2D eigenvalue weighted by molar-refractivity contribution is 5.72. The maximum Gasteiger partial charge on any atom is 0.413 e. The van der Waals surface area contributed by atoms with Gasteiger partial charge in [0, 0.05) is 6.61 Å². The summed E-state index contributed by atoms with van der Waals surface area (Å²) in [7, 11) is 0. The van der Waals surface area contributed by atoms with Gasteiger partial charge in [-0.3, -0.25) is 0 Å². The number of rotatable bonds is 6. The molecule has 0 aromatic heterocycles. The van der Waals surface area contributed by atoms with Crippen LogP contribution in [0.15, 0.2) is 84.9 Å². The molecule has 0 spiro atoms. The highest BCUT2D eigenvalue weighted by atomic mass is 16.6. The number of aliphatic hydroxyl groups excluding tert-OH is 1. The monoisotopic (exact) mass is 347 g/mol. The van der Waals surface area contributed by atoms with E-state index in [2.05, 4.69) is 5.32 Å². The number of ether oxygens (including phenoxy) is 1. The molecule has 0 bridgehead atoms. The van der Waals surface area contributed by atoms with E-state index in [0.717, 1.165) is 16.7 Å². The molecule has 0 heterocycles. The second-order valence-electron chi connectivity index (χ2n) is 5.90. The Morgan fingerprint density at radius 2 is 1.42 bits per heavy atom. The van der Waals surface area contributed by atoms with Gasteiger partial charge in [0.05, 0.1) is 6.04 Å². The van der Waals surface area contributed by atoms with Gasteiger partial charge in [-0.1, -0.05) is 72.8 Å². The summed E-state index contributed by atoms with van der Waals surface area (Å²) in [5, 5.41) is 12.1. The zero-order chi connectivity index (χ0) is 18.2. The molecule has 0 fully saturated rings. The number of hydrogen-bond donors (Lipinski definition) is 2. The molecule has 0 aliphatic heterocycles. The molecule has 2 N–H and O–H groups in total. The zero-order valence-corrected chi connectivity index (χ0v) is 14.3. The largest absolute Gasteiger partial charge is 0.413 e. The van der Waals surface area contributed by atoms with Gasteiger partial charge < -0.3 is 15.2 Å². The molecule has 0 saturated heterocycles. The van der Waals surface area contributed by atoms with Crippen LogP contribution >= 0.6 is 0 Å². The Bertz CT molecular complexity index is 817. The van der Waals surface area contributed by atoms with Crippen LogP contribution in [0.1, 0.15) is 18.0 Å². The fourth-order valence-electron chi connectivity index (χ4n) is 2.76. The first-order valence-corrected chi connectivity index (χ1v) is 8.56. The van der Waals surface area contributed by atoms with E-state index in [4.69, 9.17) is 4.74 Å². The smallest absolute Gasteiger partial charge is 0.410 e. The van der Waals surface area contributed by atoms with Crippen LogP contribution in [0.5, 0.6) is 5.75 Å². The van der Waals surface area contributed by atoms with Crippen LogP contribution < -0.4 is 10.1 Å². The summed E-state index contributed by atoms with van der Waals surface area (Å²) >= 11 is 0. The highest BCUT2D eigenvalue weighted by Crippen LogP contribution is 2.22. The first-order chi connectivity index (χ1) is 12.8. The number of carbonyl (C=O) groups is 1. The predicted octanol–water partition coefficient (Wildman–Crippen LogP) is 4.57. The highest BCUT2D eigenvalue weighted by Gasteiger charge is 2.15. The molecule has 1 amide bonds. The Kier molecular flexibility index (Phi) is 6.01. The molecule has 132 valence electrons. The van der Waals surface area contributed by atoms with Gasteiger partial charge in [-0.15, -0.1) is 0 Å². The Hall–Kier alpha value is -3.11. The second-order valence-corrected chi connectivity index (χ2v) is 5.90. The minimum Gasteiger partial charge on any atom is -0.410 e. The minimum absolute atomic E-state index is 0.0222. The molecular weight excluding hydrogens is 326 g/mol. The van der Waals surface area contributed by atoms with Crippen LogP contribution in [0, 0.1) is 0 Å². The topological polar surface area (TPSA) is 58.6 Å². The van der Waals surface area contributed by atoms with E-state index in [1.807, 2.05) is 72.8 Å². The average Bonchev–Trinajstić information content (AvgIpc) is 2.69. The van der Waals surface area contributed by atoms with Crippen molar-refractivity contribution in [2.75, 3.05) is 6.61 Å². The fraction of sp³-hybridized carbons (Fsp3) is 0.136. The summed E-state index contributed by atoms with van der Waals surface area (Å²) in [6.07, 6.45) is -0.119. The van der Waals surface area contributed by atoms with Crippen LogP contribution in [0.4, 0.5) is 4.79 Å². The molecule has 3 aromatic carbocycles. The van der Waals surface area contributed by atoms with Crippen molar-refractivity contribution in [3.05, 3.63) is 90.5 Å². The number of carbonyl (C=O) groups excluding carboxylic acids is 1. The fourth-order valence-corrected chi connectivity index (χ4v) is 2.76. The lowest BCUT2D eigenvalue weighted by Gasteiger charge is -2.18. The van der Waals surface area contributed by atoms with Crippen LogP contribution in [0.25, 0.3) is 11.1 Å². The van der Waals surface area contributed by atoms with Gasteiger partial charge in [0.1, 0.15) is 5.75 Å². The number of nitrogens with one attached hydrogen (secondary N) is 1. The van der Waals surface area contributed by atoms with Crippen molar-refractivity contribution >= 4 is 6.09 Å². The molecule has 0 saturated carbocycles. The number of aliphatic hydroxyl groups is 1. The lowest BCUT2D eigenvalue weighted by molar-refractivity contribution is 0.191. The lowest BCUT2D eigenvalue weighted by Crippen LogP contribution is -2.31. The Morgan fingerprint density at radius 3 is 2.04 bits per heavy atom. The molecule has 4 heteroatoms. The van der Waals surface area contributed by atoms with Crippen molar-refractivity contribution in [3.8, 4) is 16.9 Å². The van der Waals surface area contributed by atoms with Crippen molar-refractivity contribution in [2.45, 2.75) is 12.5 Å². The molecule has 0 radical (unpaired) electrons. The summed E-state index contributed by atoms with van der Waals surface area (Å²) in [5.74, 6) is 0.470. The van der Waals surface area contributed by atoms with Crippen molar-refractivity contribution < 1.29 is 14.6 Å². The van der Waals surface area contributed by atoms with Crippen LogP contribution in [-0.4, -0.2) is 17.8 Å². The normalized spacial score (nSPS) is 11.6. The van der Waals surface area contributed by atoms with E-state index in [-0.39, 0.29) is 12.6 Å². The van der Waals surface area contributed by atoms with Gasteiger partial charge in [0.25, 0.3) is 0 Å². The summed E-state index contributed by atoms with van der Waals surface area (Å²) in [5.41, 5.74) is 3.09. The minimum atomic E-state index is -0.542. The van der Waals surface area contributed by atoms with Gasteiger partial charge in [0.15, 0.2) is 0 Å². The molecule has 3 rings (SSSR count). The standard InChI is InChI=1S/C22H21NO3/c24-16-15-21(19-9-5-2-6-10-19)23-22(25)26-20-13-11-18(12-14-20)17-7-3-1-4-8-17/h1-14,21,24H,15-16H2,(H,23,25). The SMILES string of the molecule is O=C(NC(CCO)c1ccccc1)Oc1ccc(-c2ccccc2)cc1. The van der Waals surface area contributed by atoms with E-state index in [1.54, 1.807) is 12.1 Å². The quantitative estimate of drug-likeness (QED) is 0.687. The number of amides is 1. The predicted molar refractivity (Wildman–Crippen MR) is 102 cm³/mol. The molecule has 4 nitrogen and oxygen atoms in total. The number of hydrogen-bond acceptors (Lipinski definition) is 3. The number of benzene rings is 3. The third kappa shape index (κ3) is 4.71. The zero-order valence-electron chi connectivity index (χ0n) is 14.3. The van der Waals surface area contributed by atoms with Gasteiger partial charge in [-0.25, -0.2) is 4.79 Å². The van der Waals surface area contributed by atoms with Gasteiger partial charge >= 0.3 is 6.09 Å². The second kappa shape index (κ2) is 8.83. The molecule has 0 aliphatic carbocycles. The maximum absolute atomic E-state index is 12.2. The summed E-state index contributed by atoms with van der Waals surface area (Å²) < 4.78 is 5.37. The van der Waals surface area contributed by atoms with E-state index >= 15 is 0 Å². The molecule has 3 aromatic rings. The van der Waals surface area contributed by atoms with Crippen molar-refractivity contribution in [3.63, 3.8) is 0 Å². The van der Waals surface area contributed by atoms with Crippen LogP contribution in [-0.2, 0) is 0 Å². The van der Waals surface area contributed by atoms with Crippen LogP contribution in [0.2, 0.25) is 0 Å². The maximum atomic E-state index is 12.2. The Balaban J connectivity index is 1.63. The van der Waals surface area contributed by atoms with E-state index < -0.39 is 6.09 Å². The van der Waals surface area contributed by atoms with E-state index in [0.29, 0.717) is 12.2 Å². The molecule has 1 atom stereocenters. The lowest BCUT2D eigenvalue weighted by atomic mass is 10.0. The van der Waals surface area contributed by atoms with Crippen molar-refractivity contribution in [2.24, 2.45) is 0 Å². The molecular formula is C22H21NO3.